The maximum absolute atomic E-state index is 5.37. The second-order valence-corrected chi connectivity index (χ2v) is 6.00. The monoisotopic (exact) mass is 328 g/mol. The van der Waals surface area contributed by atoms with Gasteiger partial charge in [-0.15, -0.1) is 0 Å². The lowest BCUT2D eigenvalue weighted by Gasteiger charge is -2.11. The largest absolute Gasteiger partial charge is 0.496 e. The predicted octanol–water partition coefficient (Wildman–Crippen LogP) is 3.18. The highest BCUT2D eigenvalue weighted by Gasteiger charge is 2.02. The second kappa shape index (κ2) is 9.34. The summed E-state index contributed by atoms with van der Waals surface area (Å²) in [6.45, 7) is 8.49. The molecule has 0 bridgehead atoms. The van der Waals surface area contributed by atoms with Gasteiger partial charge in [-0.25, -0.2) is 0 Å². The Hall–Kier alpha value is -0.580. The van der Waals surface area contributed by atoms with Crippen molar-refractivity contribution in [3.05, 3.63) is 28.2 Å². The molecule has 0 amide bonds. The van der Waals surface area contributed by atoms with Crippen molar-refractivity contribution in [3.63, 3.8) is 0 Å². The number of ether oxygens (including phenoxy) is 1. The van der Waals surface area contributed by atoms with Gasteiger partial charge in [0.15, 0.2) is 0 Å². The van der Waals surface area contributed by atoms with Crippen molar-refractivity contribution in [2.24, 2.45) is 5.92 Å². The third kappa shape index (κ3) is 6.95. The number of nitrogens with one attached hydrogen (secondary N) is 2. The summed E-state index contributed by atoms with van der Waals surface area (Å²) in [4.78, 5) is 0. The zero-order valence-corrected chi connectivity index (χ0v) is 13.7. The molecule has 4 heteroatoms. The van der Waals surface area contributed by atoms with Gasteiger partial charge in [0.05, 0.1) is 7.11 Å². The molecule has 0 unspecified atom stereocenters. The number of hydrogen-bond donors (Lipinski definition) is 2. The van der Waals surface area contributed by atoms with E-state index in [0.717, 1.165) is 48.7 Å². The molecule has 0 aliphatic heterocycles. The number of benzene rings is 1. The van der Waals surface area contributed by atoms with Crippen molar-refractivity contribution in [1.29, 1.82) is 0 Å². The van der Waals surface area contributed by atoms with E-state index in [1.165, 1.54) is 5.56 Å². The Morgan fingerprint density at radius 2 is 1.95 bits per heavy atom. The SMILES string of the molecule is COc1cc(Br)ccc1CNCCCNCC(C)C. The minimum absolute atomic E-state index is 0.722. The molecule has 0 spiro atoms. The van der Waals surface area contributed by atoms with E-state index in [0.29, 0.717) is 0 Å². The first-order chi connectivity index (χ1) is 9.13. The smallest absolute Gasteiger partial charge is 0.124 e. The average Bonchev–Trinajstić information content (AvgIpc) is 2.38. The molecule has 0 aliphatic rings. The van der Waals surface area contributed by atoms with Gasteiger partial charge in [0.1, 0.15) is 5.75 Å². The van der Waals surface area contributed by atoms with Crippen molar-refractivity contribution >= 4 is 15.9 Å². The molecule has 19 heavy (non-hydrogen) atoms. The lowest BCUT2D eigenvalue weighted by atomic mass is 10.2. The van der Waals surface area contributed by atoms with Crippen molar-refractivity contribution < 1.29 is 4.74 Å². The number of methoxy groups -OCH3 is 1. The molecule has 0 saturated heterocycles. The highest BCUT2D eigenvalue weighted by Crippen LogP contribution is 2.23. The standard InChI is InChI=1S/C15H25BrN2O/c1-12(2)10-17-7-4-8-18-11-13-5-6-14(16)9-15(13)19-3/h5-6,9,12,17-18H,4,7-8,10-11H2,1-3H3. The maximum Gasteiger partial charge on any atom is 0.124 e. The maximum atomic E-state index is 5.37. The molecule has 0 heterocycles. The summed E-state index contributed by atoms with van der Waals surface area (Å²) in [5.74, 6) is 1.65. The van der Waals surface area contributed by atoms with E-state index >= 15 is 0 Å². The van der Waals surface area contributed by atoms with Crippen LogP contribution in [0.3, 0.4) is 0 Å². The van der Waals surface area contributed by atoms with Crippen LogP contribution in [0.25, 0.3) is 0 Å². The minimum atomic E-state index is 0.722. The fourth-order valence-electron chi connectivity index (χ4n) is 1.82. The molecule has 0 radical (unpaired) electrons. The minimum Gasteiger partial charge on any atom is -0.496 e. The summed E-state index contributed by atoms with van der Waals surface area (Å²) in [7, 11) is 1.71. The van der Waals surface area contributed by atoms with Gasteiger partial charge in [0, 0.05) is 16.6 Å². The Morgan fingerprint density at radius 1 is 1.21 bits per heavy atom. The van der Waals surface area contributed by atoms with Gasteiger partial charge in [0.2, 0.25) is 0 Å². The van der Waals surface area contributed by atoms with Crippen LogP contribution in [0.4, 0.5) is 0 Å². The molecule has 3 nitrogen and oxygen atoms in total. The van der Waals surface area contributed by atoms with Crippen LogP contribution in [0.5, 0.6) is 5.75 Å². The molecule has 1 rings (SSSR count). The van der Waals surface area contributed by atoms with E-state index in [1.807, 2.05) is 12.1 Å². The Kier molecular flexibility index (Phi) is 8.10. The van der Waals surface area contributed by atoms with Crippen LogP contribution in [0.1, 0.15) is 25.8 Å². The van der Waals surface area contributed by atoms with Gasteiger partial charge in [0.25, 0.3) is 0 Å². The van der Waals surface area contributed by atoms with Gasteiger partial charge >= 0.3 is 0 Å². The fraction of sp³-hybridized carbons (Fsp3) is 0.600. The van der Waals surface area contributed by atoms with E-state index in [-0.39, 0.29) is 0 Å². The Bertz CT molecular complexity index is 369. The number of hydrogen-bond acceptors (Lipinski definition) is 3. The highest BCUT2D eigenvalue weighted by atomic mass is 79.9. The first-order valence-electron chi connectivity index (χ1n) is 6.87. The highest BCUT2D eigenvalue weighted by molar-refractivity contribution is 9.10. The number of rotatable bonds is 9. The molecule has 0 atom stereocenters. The van der Waals surface area contributed by atoms with E-state index in [4.69, 9.17) is 4.74 Å². The van der Waals surface area contributed by atoms with Crippen LogP contribution in [0.2, 0.25) is 0 Å². The Morgan fingerprint density at radius 3 is 2.63 bits per heavy atom. The van der Waals surface area contributed by atoms with E-state index in [2.05, 4.69) is 46.5 Å². The summed E-state index contributed by atoms with van der Waals surface area (Å²) in [6.07, 6.45) is 1.14. The fourth-order valence-corrected chi connectivity index (χ4v) is 2.16. The molecule has 108 valence electrons. The normalized spacial score (nSPS) is 11.0. The summed E-state index contributed by atoms with van der Waals surface area (Å²) >= 11 is 3.45. The van der Waals surface area contributed by atoms with Crippen LogP contribution in [-0.4, -0.2) is 26.7 Å². The molecule has 0 fully saturated rings. The molecule has 0 aliphatic carbocycles. The van der Waals surface area contributed by atoms with Crippen molar-refractivity contribution in [1.82, 2.24) is 10.6 Å². The van der Waals surface area contributed by atoms with Crippen LogP contribution in [0, 0.1) is 5.92 Å². The summed E-state index contributed by atoms with van der Waals surface area (Å²) in [5.41, 5.74) is 1.20. The van der Waals surface area contributed by atoms with Crippen molar-refractivity contribution in [2.75, 3.05) is 26.7 Å². The van der Waals surface area contributed by atoms with Crippen LogP contribution in [-0.2, 0) is 6.54 Å². The third-order valence-corrected chi connectivity index (χ3v) is 3.32. The van der Waals surface area contributed by atoms with Gasteiger partial charge in [-0.1, -0.05) is 35.8 Å². The quantitative estimate of drug-likeness (QED) is 0.683. The zero-order chi connectivity index (χ0) is 14.1. The van der Waals surface area contributed by atoms with Gasteiger partial charge < -0.3 is 15.4 Å². The summed E-state index contributed by atoms with van der Waals surface area (Å²) < 4.78 is 6.41. The van der Waals surface area contributed by atoms with E-state index in [1.54, 1.807) is 7.11 Å². The second-order valence-electron chi connectivity index (χ2n) is 5.08. The van der Waals surface area contributed by atoms with Crippen LogP contribution >= 0.6 is 15.9 Å². The third-order valence-electron chi connectivity index (χ3n) is 2.82. The van der Waals surface area contributed by atoms with Gasteiger partial charge in [-0.05, 0) is 44.1 Å². The molecule has 1 aromatic rings. The van der Waals surface area contributed by atoms with Crippen LogP contribution in [0.15, 0.2) is 22.7 Å². The number of halogens is 1. The Balaban J connectivity index is 2.19. The molecule has 2 N–H and O–H groups in total. The molecule has 1 aromatic carbocycles. The Labute approximate surface area is 125 Å². The van der Waals surface area contributed by atoms with E-state index < -0.39 is 0 Å². The van der Waals surface area contributed by atoms with E-state index in [9.17, 15) is 0 Å². The lowest BCUT2D eigenvalue weighted by Crippen LogP contribution is -2.24. The van der Waals surface area contributed by atoms with Crippen LogP contribution < -0.4 is 15.4 Å². The summed E-state index contributed by atoms with van der Waals surface area (Å²) in [6, 6.07) is 6.14. The first-order valence-corrected chi connectivity index (χ1v) is 7.66. The van der Waals surface area contributed by atoms with Gasteiger partial charge in [-0.3, -0.25) is 0 Å². The summed E-state index contributed by atoms with van der Waals surface area (Å²) in [5, 5.41) is 6.89. The molecular formula is C15H25BrN2O. The first kappa shape index (κ1) is 16.5. The lowest BCUT2D eigenvalue weighted by molar-refractivity contribution is 0.407. The average molecular weight is 329 g/mol. The molecule has 0 saturated carbocycles. The topological polar surface area (TPSA) is 33.3 Å². The van der Waals surface area contributed by atoms with Crippen molar-refractivity contribution in [3.8, 4) is 5.75 Å². The predicted molar refractivity (Wildman–Crippen MR) is 84.7 cm³/mol. The van der Waals surface area contributed by atoms with Gasteiger partial charge in [-0.2, -0.15) is 0 Å². The zero-order valence-electron chi connectivity index (χ0n) is 12.1. The molecule has 0 aromatic heterocycles. The van der Waals surface area contributed by atoms with Crippen molar-refractivity contribution in [2.45, 2.75) is 26.8 Å². The molecular weight excluding hydrogens is 304 g/mol.